The van der Waals surface area contributed by atoms with E-state index < -0.39 is 0 Å². The van der Waals surface area contributed by atoms with Crippen molar-refractivity contribution < 1.29 is 4.79 Å². The summed E-state index contributed by atoms with van der Waals surface area (Å²) in [6.07, 6.45) is 2.30. The van der Waals surface area contributed by atoms with Crippen molar-refractivity contribution in [3.63, 3.8) is 0 Å². The van der Waals surface area contributed by atoms with Crippen LogP contribution in [0.15, 0.2) is 18.2 Å². The first kappa shape index (κ1) is 10.2. The molecule has 1 aromatic rings. The van der Waals surface area contributed by atoms with Crippen LogP contribution in [0.5, 0.6) is 0 Å². The van der Waals surface area contributed by atoms with E-state index in [4.69, 9.17) is 0 Å². The number of hydrogen-bond donors (Lipinski definition) is 0. The van der Waals surface area contributed by atoms with Gasteiger partial charge in [0.05, 0.1) is 0 Å². The molecule has 1 saturated heterocycles. The first-order chi connectivity index (χ1) is 7.20. The van der Waals surface area contributed by atoms with Crippen LogP contribution in [-0.2, 0) is 0 Å². The van der Waals surface area contributed by atoms with E-state index in [0.29, 0.717) is 0 Å². The van der Waals surface area contributed by atoms with Crippen LogP contribution >= 0.6 is 0 Å². The highest BCUT2D eigenvalue weighted by atomic mass is 16.2. The zero-order chi connectivity index (χ0) is 10.8. The van der Waals surface area contributed by atoms with Crippen molar-refractivity contribution in [3.8, 4) is 0 Å². The monoisotopic (exact) mass is 203 g/mol. The van der Waals surface area contributed by atoms with E-state index in [9.17, 15) is 4.79 Å². The molecule has 1 fully saturated rings. The predicted molar refractivity (Wildman–Crippen MR) is 61.1 cm³/mol. The standard InChI is InChI=1S/C13H17NO/c1-10-6-5-7-11(2)12(10)13(15)14-8-3-4-9-14/h5-7H,3-4,8-9H2,1-2H3. The zero-order valence-electron chi connectivity index (χ0n) is 9.42. The maximum atomic E-state index is 12.2. The van der Waals surface area contributed by atoms with Gasteiger partial charge in [0.25, 0.3) is 5.91 Å². The fraction of sp³-hybridized carbons (Fsp3) is 0.462. The molecular weight excluding hydrogens is 186 g/mol. The lowest BCUT2D eigenvalue weighted by Crippen LogP contribution is -2.28. The van der Waals surface area contributed by atoms with Crippen LogP contribution in [0.4, 0.5) is 0 Å². The zero-order valence-corrected chi connectivity index (χ0v) is 9.42. The van der Waals surface area contributed by atoms with E-state index in [0.717, 1.165) is 42.6 Å². The summed E-state index contributed by atoms with van der Waals surface area (Å²) in [6, 6.07) is 6.03. The number of carbonyl (C=O) groups excluding carboxylic acids is 1. The average molecular weight is 203 g/mol. The fourth-order valence-electron chi connectivity index (χ4n) is 2.23. The SMILES string of the molecule is Cc1cccc(C)c1C(=O)N1CCCC1. The molecule has 1 heterocycles. The minimum Gasteiger partial charge on any atom is -0.339 e. The van der Waals surface area contributed by atoms with Crippen molar-refractivity contribution in [2.24, 2.45) is 0 Å². The van der Waals surface area contributed by atoms with Gasteiger partial charge in [0.1, 0.15) is 0 Å². The highest BCUT2D eigenvalue weighted by molar-refractivity contribution is 5.97. The molecule has 0 atom stereocenters. The smallest absolute Gasteiger partial charge is 0.254 e. The second-order valence-electron chi connectivity index (χ2n) is 4.27. The van der Waals surface area contributed by atoms with Crippen LogP contribution in [0.1, 0.15) is 34.3 Å². The van der Waals surface area contributed by atoms with Crippen LogP contribution in [0, 0.1) is 13.8 Å². The number of likely N-dealkylation sites (tertiary alicyclic amines) is 1. The topological polar surface area (TPSA) is 20.3 Å². The Kier molecular flexibility index (Phi) is 2.76. The molecule has 2 rings (SSSR count). The number of carbonyl (C=O) groups is 1. The number of hydrogen-bond acceptors (Lipinski definition) is 1. The van der Waals surface area contributed by atoms with Gasteiger partial charge in [0.15, 0.2) is 0 Å². The largest absolute Gasteiger partial charge is 0.339 e. The van der Waals surface area contributed by atoms with Crippen molar-refractivity contribution >= 4 is 5.91 Å². The van der Waals surface area contributed by atoms with Crippen molar-refractivity contribution in [2.45, 2.75) is 26.7 Å². The van der Waals surface area contributed by atoms with Crippen molar-refractivity contribution in [3.05, 3.63) is 34.9 Å². The lowest BCUT2D eigenvalue weighted by atomic mass is 10.0. The van der Waals surface area contributed by atoms with Gasteiger partial charge in [-0.15, -0.1) is 0 Å². The Hall–Kier alpha value is -1.31. The third-order valence-corrected chi connectivity index (χ3v) is 3.09. The molecule has 80 valence electrons. The molecule has 1 aliphatic rings. The van der Waals surface area contributed by atoms with E-state index in [1.54, 1.807) is 0 Å². The summed E-state index contributed by atoms with van der Waals surface area (Å²) in [4.78, 5) is 14.2. The molecule has 0 aliphatic carbocycles. The molecule has 15 heavy (non-hydrogen) atoms. The maximum Gasteiger partial charge on any atom is 0.254 e. The Balaban J connectivity index is 2.32. The Morgan fingerprint density at radius 3 is 2.20 bits per heavy atom. The predicted octanol–water partition coefficient (Wildman–Crippen LogP) is 2.54. The molecule has 2 heteroatoms. The quantitative estimate of drug-likeness (QED) is 0.687. The minimum atomic E-state index is 0.211. The van der Waals surface area contributed by atoms with Crippen molar-refractivity contribution in [1.82, 2.24) is 4.90 Å². The Morgan fingerprint density at radius 2 is 1.67 bits per heavy atom. The van der Waals surface area contributed by atoms with E-state index in [2.05, 4.69) is 0 Å². The maximum absolute atomic E-state index is 12.2. The lowest BCUT2D eigenvalue weighted by Gasteiger charge is -2.18. The number of nitrogens with zero attached hydrogens (tertiary/aromatic N) is 1. The molecule has 0 bridgehead atoms. The van der Waals surface area contributed by atoms with Crippen molar-refractivity contribution in [2.75, 3.05) is 13.1 Å². The average Bonchev–Trinajstić information content (AvgIpc) is 2.69. The third kappa shape index (κ3) is 1.89. The van der Waals surface area contributed by atoms with Crippen LogP contribution in [0.25, 0.3) is 0 Å². The number of rotatable bonds is 1. The molecular formula is C13H17NO. The summed E-state index contributed by atoms with van der Waals surface area (Å²) in [7, 11) is 0. The summed E-state index contributed by atoms with van der Waals surface area (Å²) >= 11 is 0. The van der Waals surface area contributed by atoms with Crippen LogP contribution in [0.3, 0.4) is 0 Å². The lowest BCUT2D eigenvalue weighted by molar-refractivity contribution is 0.0791. The fourth-order valence-corrected chi connectivity index (χ4v) is 2.23. The van der Waals surface area contributed by atoms with Gasteiger partial charge in [-0.2, -0.15) is 0 Å². The van der Waals surface area contributed by atoms with Gasteiger partial charge in [0, 0.05) is 18.7 Å². The first-order valence-electron chi connectivity index (χ1n) is 5.55. The Bertz CT molecular complexity index is 358. The highest BCUT2D eigenvalue weighted by Gasteiger charge is 2.21. The third-order valence-electron chi connectivity index (χ3n) is 3.09. The van der Waals surface area contributed by atoms with E-state index in [1.807, 2.05) is 36.9 Å². The summed E-state index contributed by atoms with van der Waals surface area (Å²) in [6.45, 7) is 5.87. The summed E-state index contributed by atoms with van der Waals surface area (Å²) in [5.41, 5.74) is 3.08. The summed E-state index contributed by atoms with van der Waals surface area (Å²) in [5.74, 6) is 0.211. The Morgan fingerprint density at radius 1 is 1.13 bits per heavy atom. The van der Waals surface area contributed by atoms with Gasteiger partial charge in [0.2, 0.25) is 0 Å². The first-order valence-corrected chi connectivity index (χ1v) is 5.55. The molecule has 1 aliphatic heterocycles. The second-order valence-corrected chi connectivity index (χ2v) is 4.27. The highest BCUT2D eigenvalue weighted by Crippen LogP contribution is 2.18. The van der Waals surface area contributed by atoms with Gasteiger partial charge < -0.3 is 4.90 Å². The van der Waals surface area contributed by atoms with Gasteiger partial charge in [-0.3, -0.25) is 4.79 Å². The van der Waals surface area contributed by atoms with Crippen LogP contribution in [0.2, 0.25) is 0 Å². The number of benzene rings is 1. The minimum absolute atomic E-state index is 0.211. The van der Waals surface area contributed by atoms with Gasteiger partial charge in [-0.1, -0.05) is 18.2 Å². The van der Waals surface area contributed by atoms with Gasteiger partial charge in [-0.25, -0.2) is 0 Å². The summed E-state index contributed by atoms with van der Waals surface area (Å²) < 4.78 is 0. The molecule has 0 saturated carbocycles. The normalized spacial score (nSPS) is 15.7. The van der Waals surface area contributed by atoms with E-state index in [1.165, 1.54) is 0 Å². The molecule has 0 aromatic heterocycles. The molecule has 0 spiro atoms. The van der Waals surface area contributed by atoms with Crippen LogP contribution < -0.4 is 0 Å². The number of amides is 1. The molecule has 1 amide bonds. The molecule has 0 N–H and O–H groups in total. The van der Waals surface area contributed by atoms with Gasteiger partial charge >= 0.3 is 0 Å². The molecule has 1 aromatic carbocycles. The van der Waals surface area contributed by atoms with Crippen molar-refractivity contribution in [1.29, 1.82) is 0 Å². The van der Waals surface area contributed by atoms with E-state index in [-0.39, 0.29) is 5.91 Å². The van der Waals surface area contributed by atoms with E-state index >= 15 is 0 Å². The molecule has 0 unspecified atom stereocenters. The van der Waals surface area contributed by atoms with Crippen LogP contribution in [-0.4, -0.2) is 23.9 Å². The molecule has 2 nitrogen and oxygen atoms in total. The molecule has 0 radical (unpaired) electrons. The van der Waals surface area contributed by atoms with Gasteiger partial charge in [-0.05, 0) is 37.8 Å². The Labute approximate surface area is 90.9 Å². The number of aryl methyl sites for hydroxylation is 2. The summed E-state index contributed by atoms with van der Waals surface area (Å²) in [5, 5.41) is 0. The second kappa shape index (κ2) is 4.05.